The first kappa shape index (κ1) is 15.8. The van der Waals surface area contributed by atoms with Crippen LogP contribution in [0.1, 0.15) is 46.0 Å². The van der Waals surface area contributed by atoms with Crippen LogP contribution in [0.25, 0.3) is 0 Å². The van der Waals surface area contributed by atoms with E-state index < -0.39 is 5.83 Å². The molecule has 0 aromatic carbocycles. The van der Waals surface area contributed by atoms with Crippen molar-refractivity contribution in [3.05, 3.63) is 36.2 Å². The molecule has 0 radical (unpaired) electrons. The minimum Gasteiger partial charge on any atom is -0.298 e. The Kier molecular flexibility index (Phi) is 9.31. The van der Waals surface area contributed by atoms with Crippen molar-refractivity contribution in [2.24, 2.45) is 5.92 Å². The van der Waals surface area contributed by atoms with Crippen LogP contribution in [0, 0.1) is 5.92 Å². The molecule has 1 nitrogen and oxygen atoms in total. The number of halogens is 1. The van der Waals surface area contributed by atoms with Gasteiger partial charge in [0, 0.05) is 5.57 Å². The Hall–Kier alpha value is -1.18. The minimum atomic E-state index is -0.442. The molecule has 0 aliphatic carbocycles. The number of hydrogen-bond donors (Lipinski definition) is 0. The van der Waals surface area contributed by atoms with Crippen LogP contribution in [0.4, 0.5) is 4.39 Å². The molecule has 1 unspecified atom stereocenters. The minimum absolute atomic E-state index is 0.0709. The summed E-state index contributed by atoms with van der Waals surface area (Å²) in [6.45, 7) is 7.84. The number of allylic oxidation sites excluding steroid dienone is 5. The lowest BCUT2D eigenvalue weighted by Crippen LogP contribution is -1.93. The summed E-state index contributed by atoms with van der Waals surface area (Å²) in [5, 5.41) is 0. The summed E-state index contributed by atoms with van der Waals surface area (Å²) < 4.78 is 13.4. The van der Waals surface area contributed by atoms with Crippen LogP contribution in [0.2, 0.25) is 0 Å². The zero-order valence-electron chi connectivity index (χ0n) is 10.9. The number of unbranched alkanes of at least 4 members (excludes halogenated alkanes) is 1. The van der Waals surface area contributed by atoms with Gasteiger partial charge in [0.15, 0.2) is 6.29 Å². The van der Waals surface area contributed by atoms with Gasteiger partial charge in [-0.05, 0) is 30.9 Å². The fourth-order valence-electron chi connectivity index (χ4n) is 1.75. The lowest BCUT2D eigenvalue weighted by molar-refractivity contribution is -0.104. The van der Waals surface area contributed by atoms with Gasteiger partial charge in [-0.25, -0.2) is 4.39 Å². The molecule has 0 heterocycles. The van der Waals surface area contributed by atoms with Crippen molar-refractivity contribution in [3.63, 3.8) is 0 Å². The predicted molar refractivity (Wildman–Crippen MR) is 71.5 cm³/mol. The Morgan fingerprint density at radius 2 is 2.12 bits per heavy atom. The molecular weight excluding hydrogens is 215 g/mol. The second kappa shape index (κ2) is 10.0. The smallest absolute Gasteiger partial charge is 0.152 e. The van der Waals surface area contributed by atoms with Crippen LogP contribution in [0.3, 0.4) is 0 Å². The highest BCUT2D eigenvalue weighted by molar-refractivity contribution is 5.79. The van der Waals surface area contributed by atoms with Gasteiger partial charge in [-0.3, -0.25) is 4.79 Å². The van der Waals surface area contributed by atoms with Crippen molar-refractivity contribution in [2.75, 3.05) is 0 Å². The molecule has 0 aromatic heterocycles. The molecule has 0 saturated heterocycles. The third-order valence-electron chi connectivity index (χ3n) is 2.71. The van der Waals surface area contributed by atoms with Crippen molar-refractivity contribution < 1.29 is 9.18 Å². The van der Waals surface area contributed by atoms with E-state index in [0.717, 1.165) is 12.8 Å². The van der Waals surface area contributed by atoms with Gasteiger partial charge in [0.05, 0.1) is 0 Å². The summed E-state index contributed by atoms with van der Waals surface area (Å²) in [6.07, 6.45) is 10.00. The van der Waals surface area contributed by atoms with Gasteiger partial charge >= 0.3 is 0 Å². The molecule has 2 heteroatoms. The van der Waals surface area contributed by atoms with E-state index in [1.807, 2.05) is 0 Å². The fourth-order valence-corrected chi connectivity index (χ4v) is 1.75. The second-order valence-corrected chi connectivity index (χ2v) is 4.35. The highest BCUT2D eigenvalue weighted by atomic mass is 19.1. The quantitative estimate of drug-likeness (QED) is 0.245. The molecule has 0 saturated carbocycles. The van der Waals surface area contributed by atoms with E-state index in [2.05, 4.69) is 20.4 Å². The molecular formula is C15H23FO. The van der Waals surface area contributed by atoms with Crippen molar-refractivity contribution in [1.82, 2.24) is 0 Å². The van der Waals surface area contributed by atoms with Crippen molar-refractivity contribution in [2.45, 2.75) is 46.0 Å². The summed E-state index contributed by atoms with van der Waals surface area (Å²) >= 11 is 0. The van der Waals surface area contributed by atoms with Gasteiger partial charge in [0.2, 0.25) is 0 Å². The van der Waals surface area contributed by atoms with Gasteiger partial charge < -0.3 is 0 Å². The molecule has 0 N–H and O–H groups in total. The Morgan fingerprint density at radius 3 is 2.65 bits per heavy atom. The number of hydrogen-bond acceptors (Lipinski definition) is 1. The third kappa shape index (κ3) is 7.67. The largest absolute Gasteiger partial charge is 0.298 e. The monoisotopic (exact) mass is 238 g/mol. The fraction of sp³-hybridized carbons (Fsp3) is 0.533. The lowest BCUT2D eigenvalue weighted by atomic mass is 9.99. The molecule has 0 aliphatic heterocycles. The standard InChI is InChI=1S/C15H23FO/c1-4-8-13(3)10-6-7-11-15(16)14(12-17)9-5-2/h5,9,11-13H,2,4,6-8,10H2,1,3H3/b14-9-,15-11+. The summed E-state index contributed by atoms with van der Waals surface area (Å²) in [5.41, 5.74) is 0.0709. The van der Waals surface area contributed by atoms with Crippen LogP contribution in [-0.4, -0.2) is 6.29 Å². The van der Waals surface area contributed by atoms with Gasteiger partial charge in [-0.15, -0.1) is 0 Å². The first-order chi connectivity index (χ1) is 8.15. The van der Waals surface area contributed by atoms with Gasteiger partial charge in [-0.2, -0.15) is 0 Å². The first-order valence-corrected chi connectivity index (χ1v) is 6.29. The highest BCUT2D eigenvalue weighted by Gasteiger charge is 2.02. The lowest BCUT2D eigenvalue weighted by Gasteiger charge is -2.07. The molecule has 0 rings (SSSR count). The highest BCUT2D eigenvalue weighted by Crippen LogP contribution is 2.16. The topological polar surface area (TPSA) is 17.1 Å². The molecule has 96 valence electrons. The van der Waals surface area contributed by atoms with Crippen molar-refractivity contribution in [3.8, 4) is 0 Å². The Balaban J connectivity index is 4.03. The summed E-state index contributed by atoms with van der Waals surface area (Å²) in [4.78, 5) is 10.6. The zero-order valence-corrected chi connectivity index (χ0v) is 10.9. The van der Waals surface area contributed by atoms with Crippen LogP contribution in [0.15, 0.2) is 36.2 Å². The van der Waals surface area contributed by atoms with Crippen molar-refractivity contribution in [1.29, 1.82) is 0 Å². The van der Waals surface area contributed by atoms with Crippen molar-refractivity contribution >= 4 is 6.29 Å². The second-order valence-electron chi connectivity index (χ2n) is 4.35. The van der Waals surface area contributed by atoms with E-state index in [0.29, 0.717) is 18.6 Å². The number of rotatable bonds is 9. The number of aldehydes is 1. The van der Waals surface area contributed by atoms with Gasteiger partial charge in [0.25, 0.3) is 0 Å². The molecule has 0 aromatic rings. The first-order valence-electron chi connectivity index (χ1n) is 6.29. The maximum atomic E-state index is 13.4. The maximum absolute atomic E-state index is 13.4. The average molecular weight is 238 g/mol. The Labute approximate surface area is 104 Å². The normalized spacial score (nSPS) is 14.5. The van der Waals surface area contributed by atoms with E-state index in [9.17, 15) is 9.18 Å². The SMILES string of the molecule is C=C/C=C(C=O)\C(F)=C/CCCC(C)CCC. The Bertz CT molecular complexity index is 289. The van der Waals surface area contributed by atoms with E-state index in [1.54, 1.807) is 0 Å². The van der Waals surface area contributed by atoms with Gasteiger partial charge in [0.1, 0.15) is 5.83 Å². The summed E-state index contributed by atoms with van der Waals surface area (Å²) in [5.74, 6) is 0.258. The molecule has 1 atom stereocenters. The average Bonchev–Trinajstić information content (AvgIpc) is 2.31. The van der Waals surface area contributed by atoms with Crippen LogP contribution in [0.5, 0.6) is 0 Å². The third-order valence-corrected chi connectivity index (χ3v) is 2.71. The van der Waals surface area contributed by atoms with Crippen LogP contribution in [-0.2, 0) is 4.79 Å². The summed E-state index contributed by atoms with van der Waals surface area (Å²) in [7, 11) is 0. The molecule has 0 bridgehead atoms. The number of carbonyl (C=O) groups excluding carboxylic acids is 1. The molecule has 17 heavy (non-hydrogen) atoms. The molecule has 0 fully saturated rings. The predicted octanol–water partition coefficient (Wildman–Crippen LogP) is 4.76. The molecule has 0 amide bonds. The zero-order chi connectivity index (χ0) is 13.1. The van der Waals surface area contributed by atoms with Gasteiger partial charge in [-0.1, -0.05) is 45.8 Å². The van der Waals surface area contributed by atoms with E-state index in [1.165, 1.54) is 31.1 Å². The van der Waals surface area contributed by atoms with Crippen LogP contribution >= 0.6 is 0 Å². The van der Waals surface area contributed by atoms with Crippen LogP contribution < -0.4 is 0 Å². The molecule has 0 spiro atoms. The number of carbonyl (C=O) groups is 1. The Morgan fingerprint density at radius 1 is 1.41 bits per heavy atom. The molecule has 0 aliphatic rings. The maximum Gasteiger partial charge on any atom is 0.152 e. The van der Waals surface area contributed by atoms with E-state index in [-0.39, 0.29) is 5.57 Å². The van der Waals surface area contributed by atoms with E-state index >= 15 is 0 Å². The van der Waals surface area contributed by atoms with E-state index in [4.69, 9.17) is 0 Å². The summed E-state index contributed by atoms with van der Waals surface area (Å²) in [6, 6.07) is 0.